The van der Waals surface area contributed by atoms with Gasteiger partial charge in [-0.05, 0) is 67.4 Å². The van der Waals surface area contributed by atoms with E-state index in [2.05, 4.69) is 11.6 Å². The first-order valence-corrected chi connectivity index (χ1v) is 12.4. The topological polar surface area (TPSA) is 140 Å². The van der Waals surface area contributed by atoms with Gasteiger partial charge in [0, 0.05) is 11.6 Å². The molecule has 3 aromatic carbocycles. The molecule has 0 aliphatic rings. The first kappa shape index (κ1) is 28.6. The smallest absolute Gasteiger partial charge is 0.493 e. The van der Waals surface area contributed by atoms with E-state index in [9.17, 15) is 19.2 Å². The average Bonchev–Trinajstić information content (AvgIpc) is 2.99. The number of aromatic nitrogens is 1. The highest BCUT2D eigenvalue weighted by atomic mass is 16.7. The number of unbranched alkanes of at least 4 members (excludes halogenated alkanes) is 1. The maximum absolute atomic E-state index is 12.7. The highest BCUT2D eigenvalue weighted by molar-refractivity contribution is 5.91. The summed E-state index contributed by atoms with van der Waals surface area (Å²) in [6.07, 6.45) is 1.14. The van der Waals surface area contributed by atoms with Gasteiger partial charge in [0.2, 0.25) is 5.89 Å². The molecule has 0 bridgehead atoms. The van der Waals surface area contributed by atoms with Crippen LogP contribution in [0, 0.1) is 0 Å². The molecule has 4 aromatic rings. The molecule has 0 radical (unpaired) electrons. The van der Waals surface area contributed by atoms with Crippen LogP contribution in [0.2, 0.25) is 0 Å². The molecule has 0 atom stereocenters. The summed E-state index contributed by atoms with van der Waals surface area (Å²) in [5.41, 5.74) is 0.601. The molecule has 0 aliphatic carbocycles. The Morgan fingerprint density at radius 1 is 0.902 bits per heavy atom. The summed E-state index contributed by atoms with van der Waals surface area (Å²) in [4.78, 5) is 52.3. The lowest BCUT2D eigenvalue weighted by Crippen LogP contribution is -2.13. The number of para-hydroxylation sites is 1. The minimum atomic E-state index is -0.912. The fourth-order valence-electron chi connectivity index (χ4n) is 3.56. The van der Waals surface area contributed by atoms with Crippen molar-refractivity contribution in [3.8, 4) is 28.7 Å². The Labute approximate surface area is 233 Å². The average molecular weight is 560 g/mol. The lowest BCUT2D eigenvalue weighted by atomic mass is 10.2. The summed E-state index contributed by atoms with van der Waals surface area (Å²) in [6, 6.07) is 17.1. The zero-order valence-electron chi connectivity index (χ0n) is 22.0. The zero-order valence-corrected chi connectivity index (χ0v) is 22.0. The molecule has 41 heavy (non-hydrogen) atoms. The van der Waals surface area contributed by atoms with Crippen LogP contribution in [0.15, 0.2) is 88.6 Å². The number of carbonyl (C=O) groups excluding carboxylic acids is 3. The third-order valence-electron chi connectivity index (χ3n) is 5.61. The van der Waals surface area contributed by atoms with Crippen LogP contribution in [0.1, 0.15) is 23.2 Å². The normalized spacial score (nSPS) is 10.5. The standard InChI is InChI=1S/C30H25NO10/c1-3-26(32)37-16-6-7-17-38-30(35)39-21-13-10-19(11-14-21)28(33)40-24-15-12-20(18-25(24)36-2)27-31-23-9-5-4-8-22(23)29(34)41-27/h3-5,8-15,18H,1,6-7,16-17H2,2H3. The van der Waals surface area contributed by atoms with Crippen LogP contribution in [0.4, 0.5) is 4.79 Å². The lowest BCUT2D eigenvalue weighted by molar-refractivity contribution is -0.137. The predicted octanol–water partition coefficient (Wildman–Crippen LogP) is 5.11. The quantitative estimate of drug-likeness (QED) is 0.0796. The van der Waals surface area contributed by atoms with Gasteiger partial charge in [-0.1, -0.05) is 18.7 Å². The van der Waals surface area contributed by atoms with E-state index in [0.29, 0.717) is 29.3 Å². The molecular weight excluding hydrogens is 534 g/mol. The van der Waals surface area contributed by atoms with Gasteiger partial charge >= 0.3 is 23.7 Å². The molecule has 0 unspecified atom stereocenters. The Hall–Kier alpha value is -5.45. The van der Waals surface area contributed by atoms with Crippen LogP contribution in [-0.2, 0) is 14.3 Å². The Morgan fingerprint density at radius 3 is 2.37 bits per heavy atom. The van der Waals surface area contributed by atoms with Gasteiger partial charge < -0.3 is 28.1 Å². The Morgan fingerprint density at radius 2 is 1.63 bits per heavy atom. The van der Waals surface area contributed by atoms with Gasteiger partial charge in [-0.2, -0.15) is 0 Å². The second kappa shape index (κ2) is 13.6. The number of hydrogen-bond acceptors (Lipinski definition) is 11. The fourth-order valence-corrected chi connectivity index (χ4v) is 3.56. The molecule has 0 amide bonds. The van der Waals surface area contributed by atoms with E-state index in [1.54, 1.807) is 36.4 Å². The molecule has 0 saturated heterocycles. The van der Waals surface area contributed by atoms with Crippen molar-refractivity contribution in [1.82, 2.24) is 4.98 Å². The Balaban J connectivity index is 1.33. The van der Waals surface area contributed by atoms with Crippen molar-refractivity contribution >= 4 is 29.0 Å². The molecule has 210 valence electrons. The fraction of sp³-hybridized carbons (Fsp3) is 0.167. The van der Waals surface area contributed by atoms with Gasteiger partial charge in [-0.3, -0.25) is 0 Å². The summed E-state index contributed by atoms with van der Waals surface area (Å²) in [6.45, 7) is 3.57. The number of methoxy groups -OCH3 is 1. The Bertz CT molecular complexity index is 1620. The van der Waals surface area contributed by atoms with Crippen LogP contribution in [0.25, 0.3) is 22.4 Å². The van der Waals surface area contributed by atoms with Crippen LogP contribution in [-0.4, -0.2) is 43.4 Å². The first-order valence-electron chi connectivity index (χ1n) is 12.4. The predicted molar refractivity (Wildman–Crippen MR) is 146 cm³/mol. The summed E-state index contributed by atoms with van der Waals surface area (Å²) in [7, 11) is 1.41. The van der Waals surface area contributed by atoms with Crippen molar-refractivity contribution < 1.29 is 42.5 Å². The van der Waals surface area contributed by atoms with Crippen LogP contribution in [0.5, 0.6) is 17.2 Å². The summed E-state index contributed by atoms with van der Waals surface area (Å²) in [5.74, 6) is -0.591. The number of ether oxygens (including phenoxy) is 5. The molecule has 11 heteroatoms. The summed E-state index contributed by atoms with van der Waals surface area (Å²) >= 11 is 0. The van der Waals surface area contributed by atoms with Crippen molar-refractivity contribution in [3.63, 3.8) is 0 Å². The highest BCUT2D eigenvalue weighted by Gasteiger charge is 2.16. The lowest BCUT2D eigenvalue weighted by Gasteiger charge is -2.11. The van der Waals surface area contributed by atoms with Gasteiger partial charge in [0.25, 0.3) is 0 Å². The first-order chi connectivity index (χ1) is 19.9. The molecule has 0 N–H and O–H groups in total. The molecular formula is C30H25NO10. The van der Waals surface area contributed by atoms with E-state index in [4.69, 9.17) is 28.1 Å². The van der Waals surface area contributed by atoms with Gasteiger partial charge in [-0.15, -0.1) is 0 Å². The molecule has 0 spiro atoms. The van der Waals surface area contributed by atoms with Crippen molar-refractivity contribution in [2.75, 3.05) is 20.3 Å². The van der Waals surface area contributed by atoms with Crippen LogP contribution < -0.4 is 19.8 Å². The second-order valence-electron chi connectivity index (χ2n) is 8.38. The number of hydrogen-bond donors (Lipinski definition) is 0. The minimum Gasteiger partial charge on any atom is -0.493 e. The molecule has 0 saturated carbocycles. The molecule has 11 nitrogen and oxygen atoms in total. The van der Waals surface area contributed by atoms with Gasteiger partial charge in [0.15, 0.2) is 11.5 Å². The van der Waals surface area contributed by atoms with E-state index in [1.165, 1.54) is 37.4 Å². The third kappa shape index (κ3) is 7.57. The maximum atomic E-state index is 12.7. The summed E-state index contributed by atoms with van der Waals surface area (Å²) in [5, 5.41) is 0.364. The minimum absolute atomic E-state index is 0.0819. The monoisotopic (exact) mass is 559 g/mol. The molecule has 4 rings (SSSR count). The highest BCUT2D eigenvalue weighted by Crippen LogP contribution is 2.32. The van der Waals surface area contributed by atoms with E-state index < -0.39 is 23.7 Å². The second-order valence-corrected chi connectivity index (χ2v) is 8.38. The maximum Gasteiger partial charge on any atom is 0.513 e. The number of fused-ring (bicyclic) bond motifs is 1. The zero-order chi connectivity index (χ0) is 29.2. The number of carbonyl (C=O) groups is 3. The van der Waals surface area contributed by atoms with E-state index in [-0.39, 0.29) is 41.9 Å². The summed E-state index contributed by atoms with van der Waals surface area (Å²) < 4.78 is 31.1. The number of rotatable bonds is 11. The van der Waals surface area contributed by atoms with Gasteiger partial charge in [-0.25, -0.2) is 24.2 Å². The molecule has 0 aliphatic heterocycles. The van der Waals surface area contributed by atoms with E-state index in [0.717, 1.165) is 6.08 Å². The van der Waals surface area contributed by atoms with Crippen LogP contribution in [0.3, 0.4) is 0 Å². The van der Waals surface area contributed by atoms with Gasteiger partial charge in [0.1, 0.15) is 5.75 Å². The number of nitrogens with zero attached hydrogens (tertiary/aromatic N) is 1. The van der Waals surface area contributed by atoms with Crippen LogP contribution >= 0.6 is 0 Å². The largest absolute Gasteiger partial charge is 0.513 e. The van der Waals surface area contributed by atoms with E-state index >= 15 is 0 Å². The van der Waals surface area contributed by atoms with Crippen molar-refractivity contribution in [1.29, 1.82) is 0 Å². The van der Waals surface area contributed by atoms with E-state index in [1.807, 2.05) is 0 Å². The molecule has 0 fully saturated rings. The van der Waals surface area contributed by atoms with Crippen molar-refractivity contribution in [2.45, 2.75) is 12.8 Å². The number of esters is 2. The molecule has 1 aromatic heterocycles. The SMILES string of the molecule is C=CC(=O)OCCCCOC(=O)Oc1ccc(C(=O)Oc2ccc(-c3nc4ccccc4c(=O)o3)cc2OC)cc1. The van der Waals surface area contributed by atoms with Crippen molar-refractivity contribution in [2.24, 2.45) is 0 Å². The molecule has 1 heterocycles. The van der Waals surface area contributed by atoms with Crippen molar-refractivity contribution in [3.05, 3.63) is 95.4 Å². The Kier molecular flexibility index (Phi) is 9.45. The number of benzene rings is 3. The third-order valence-corrected chi connectivity index (χ3v) is 5.61. The van der Waals surface area contributed by atoms with Gasteiger partial charge in [0.05, 0.1) is 36.8 Å².